The number of anilines is 2. The monoisotopic (exact) mass is 1140 g/mol. The minimum Gasteiger partial charge on any atom is -0.484 e. The highest BCUT2D eigenvalue weighted by molar-refractivity contribution is 5.89. The lowest BCUT2D eigenvalue weighted by Crippen LogP contribution is -2.49. The number of nitrogens with one attached hydrogen (secondary N) is 2. The van der Waals surface area contributed by atoms with Crippen molar-refractivity contribution in [3.8, 4) is 46.0 Å². The number of hydrogen-bond acceptors (Lipinski definition) is 19. The Morgan fingerprint density at radius 3 is 1.80 bits per heavy atom. The van der Waals surface area contributed by atoms with Crippen molar-refractivity contribution in [3.05, 3.63) is 144 Å². The summed E-state index contributed by atoms with van der Waals surface area (Å²) in [5.41, 5.74) is 3.88. The molecule has 82 heavy (non-hydrogen) atoms. The van der Waals surface area contributed by atoms with Crippen molar-refractivity contribution in [1.82, 2.24) is 55.2 Å². The molecule has 10 rings (SSSR count). The van der Waals surface area contributed by atoms with Gasteiger partial charge < -0.3 is 48.0 Å². The summed E-state index contributed by atoms with van der Waals surface area (Å²) in [6.45, 7) is 4.89. The molecule has 2 fully saturated rings. The van der Waals surface area contributed by atoms with Crippen LogP contribution in [-0.2, 0) is 36.0 Å². The van der Waals surface area contributed by atoms with Gasteiger partial charge in [-0.25, -0.2) is 19.7 Å². The lowest BCUT2D eigenvalue weighted by Gasteiger charge is -2.34. The van der Waals surface area contributed by atoms with Crippen LogP contribution in [0.3, 0.4) is 0 Å². The van der Waals surface area contributed by atoms with Crippen LogP contribution in [0.1, 0.15) is 52.5 Å². The van der Waals surface area contributed by atoms with Crippen molar-refractivity contribution in [2.24, 2.45) is 7.05 Å². The normalized spacial score (nSPS) is 13.5. The highest BCUT2D eigenvalue weighted by Crippen LogP contribution is 2.29. The summed E-state index contributed by atoms with van der Waals surface area (Å²) in [5, 5.41) is 21.8. The quantitative estimate of drug-likeness (QED) is 0.0585. The zero-order valence-corrected chi connectivity index (χ0v) is 44.4. The van der Waals surface area contributed by atoms with Crippen LogP contribution >= 0.6 is 0 Å². The Balaban J connectivity index is 0.000000168. The van der Waals surface area contributed by atoms with Crippen molar-refractivity contribution in [1.29, 1.82) is 5.41 Å². The molecule has 0 unspecified atom stereocenters. The van der Waals surface area contributed by atoms with Crippen LogP contribution < -0.4 is 24.6 Å². The molecule has 0 radical (unpaired) electrons. The Kier molecular flexibility index (Phi) is 19.3. The van der Waals surface area contributed by atoms with Crippen molar-refractivity contribution in [3.63, 3.8) is 0 Å². The Labute approximate surface area is 464 Å². The number of aromatic nitrogens is 9. The largest absolute Gasteiger partial charge is 0.573 e. The predicted octanol–water partition coefficient (Wildman–Crippen LogP) is 9.11. The lowest BCUT2D eigenvalue weighted by molar-refractivity contribution is -0.275. The van der Waals surface area contributed by atoms with Crippen molar-refractivity contribution in [2.75, 3.05) is 63.2 Å². The second kappa shape index (κ2) is 27.0. The molecule has 430 valence electrons. The van der Waals surface area contributed by atoms with Gasteiger partial charge >= 0.3 is 30.6 Å². The van der Waals surface area contributed by atoms with Crippen LogP contribution in [0, 0.1) is 5.41 Å². The van der Waals surface area contributed by atoms with Crippen LogP contribution in [0.4, 0.5) is 42.8 Å². The van der Waals surface area contributed by atoms with Gasteiger partial charge in [-0.1, -0.05) is 40.6 Å². The Hall–Kier alpha value is -9.63. The Bertz CT molecular complexity index is 3360. The molecule has 22 nitrogen and oxygen atoms in total. The zero-order valence-electron chi connectivity index (χ0n) is 44.4. The molecular formula is C54H54F6N14O8. The number of piperazine rings is 1. The standard InChI is InChI=1S/C23H22F3N7O2.C20H24N4O3.C11H8F3N3O3/c1-32-19(14-15-9-10-27-18(13-15)33-11-3-2-4-12-33)28-21(30-32)22-29-20(31-35-22)16-5-7-17(8-6-16)34-23(24,25)26;1-26-18(21)13-17-7-8-22-19(14-17)23-9-11-24(12-10-23)20(25)27-15-16-5-3-2-4-6-16;1-15-9(18)10-16-8(17-20-10)6-2-4-7(5-3-6)19-11(12,13)14/h5-10,13H,2-4,11-12,14H2,1H3;2-8,14,21H,9-13,15H2,1H3;2-5H,1H3,(H,15,18). The highest BCUT2D eigenvalue weighted by Gasteiger charge is 2.32. The number of amides is 2. The average molecular weight is 1140 g/mol. The van der Waals surface area contributed by atoms with Crippen molar-refractivity contribution >= 4 is 29.5 Å². The van der Waals surface area contributed by atoms with Crippen LogP contribution in [-0.4, -0.2) is 134 Å². The minimum absolute atomic E-state index is 0.0853. The van der Waals surface area contributed by atoms with Gasteiger partial charge in [0.25, 0.3) is 5.89 Å². The lowest BCUT2D eigenvalue weighted by atomic mass is 10.1. The third-order valence-corrected chi connectivity index (χ3v) is 12.4. The second-order valence-corrected chi connectivity index (χ2v) is 18.1. The number of rotatable bonds is 14. The minimum atomic E-state index is -4.76. The first-order chi connectivity index (χ1) is 39.4. The summed E-state index contributed by atoms with van der Waals surface area (Å²) in [6, 6.07) is 27.6. The summed E-state index contributed by atoms with van der Waals surface area (Å²) in [5.74, 6) is 1.93. The number of carbonyl (C=O) groups excluding carboxylic acids is 2. The van der Waals surface area contributed by atoms with E-state index in [4.69, 9.17) is 23.9 Å². The Morgan fingerprint density at radius 1 is 0.659 bits per heavy atom. The molecule has 3 aromatic carbocycles. The molecule has 0 saturated carbocycles. The predicted molar refractivity (Wildman–Crippen MR) is 282 cm³/mol. The highest BCUT2D eigenvalue weighted by atomic mass is 19.4. The number of carbonyl (C=O) groups is 2. The molecule has 2 N–H and O–H groups in total. The number of ether oxygens (including phenoxy) is 4. The van der Waals surface area contributed by atoms with Gasteiger partial charge in [0.05, 0.1) is 7.11 Å². The van der Waals surface area contributed by atoms with E-state index in [-0.39, 0.29) is 59.4 Å². The molecule has 2 aliphatic rings. The third-order valence-electron chi connectivity index (χ3n) is 12.4. The smallest absolute Gasteiger partial charge is 0.484 e. The van der Waals surface area contributed by atoms with E-state index in [0.29, 0.717) is 56.0 Å². The molecule has 2 amide bonds. The van der Waals surface area contributed by atoms with Crippen molar-refractivity contribution in [2.45, 2.75) is 51.4 Å². The number of halogens is 6. The molecule has 7 heterocycles. The van der Waals surface area contributed by atoms with Gasteiger partial charge in [0.1, 0.15) is 35.6 Å². The van der Waals surface area contributed by atoms with Gasteiger partial charge in [-0.15, -0.1) is 31.4 Å². The first-order valence-corrected chi connectivity index (χ1v) is 25.4. The van der Waals surface area contributed by atoms with Crippen LogP contribution in [0.15, 0.2) is 125 Å². The summed E-state index contributed by atoms with van der Waals surface area (Å²) in [6.07, 6.45) is -1.63. The number of piperidine rings is 1. The maximum atomic E-state index is 12.4. The van der Waals surface area contributed by atoms with Crippen LogP contribution in [0.25, 0.3) is 34.5 Å². The summed E-state index contributed by atoms with van der Waals surface area (Å²) in [4.78, 5) is 51.2. The fourth-order valence-corrected chi connectivity index (χ4v) is 8.22. The van der Waals surface area contributed by atoms with Crippen molar-refractivity contribution < 1.29 is 63.9 Å². The molecule has 0 atom stereocenters. The van der Waals surface area contributed by atoms with Gasteiger partial charge in [-0.2, -0.15) is 9.97 Å². The van der Waals surface area contributed by atoms with E-state index in [0.717, 1.165) is 53.5 Å². The van der Waals surface area contributed by atoms with Gasteiger partial charge in [0, 0.05) is 89.7 Å². The number of hydrogen-bond donors (Lipinski definition) is 2. The number of alkyl halides is 6. The number of pyridine rings is 2. The Morgan fingerprint density at radius 2 is 1.22 bits per heavy atom. The van der Waals surface area contributed by atoms with E-state index in [9.17, 15) is 35.9 Å². The molecule has 8 aromatic rings. The van der Waals surface area contributed by atoms with E-state index in [1.54, 1.807) is 22.8 Å². The van der Waals surface area contributed by atoms with Gasteiger partial charge in [-0.05, 0) is 109 Å². The molecule has 0 aliphatic carbocycles. The van der Waals surface area contributed by atoms with E-state index < -0.39 is 18.6 Å². The first kappa shape index (κ1) is 58.5. The van der Waals surface area contributed by atoms with Crippen LogP contribution in [0.2, 0.25) is 0 Å². The molecule has 2 saturated heterocycles. The molecular weight excluding hydrogens is 1090 g/mol. The topological polar surface area (TPSA) is 251 Å². The van der Waals surface area contributed by atoms with Crippen LogP contribution in [0.5, 0.6) is 11.5 Å². The average Bonchev–Trinajstić information content (AvgIpc) is 4.33. The molecule has 0 bridgehead atoms. The summed E-state index contributed by atoms with van der Waals surface area (Å²) >= 11 is 0. The number of aryl methyl sites for hydroxylation is 1. The van der Waals surface area contributed by atoms with E-state index in [2.05, 4.69) is 71.0 Å². The number of methoxy groups -OCH3 is 1. The first-order valence-electron chi connectivity index (χ1n) is 25.4. The fraction of sp³-hybridized carbons (Fsp3) is 0.315. The van der Waals surface area contributed by atoms with Gasteiger partial charge in [0.2, 0.25) is 17.5 Å². The number of benzene rings is 3. The molecule has 5 aromatic heterocycles. The maximum Gasteiger partial charge on any atom is 0.573 e. The van der Waals surface area contributed by atoms with Gasteiger partial charge in [-0.3, -0.25) is 14.9 Å². The molecule has 2 aliphatic heterocycles. The van der Waals surface area contributed by atoms with E-state index >= 15 is 0 Å². The zero-order chi connectivity index (χ0) is 58.2. The summed E-state index contributed by atoms with van der Waals surface area (Å²) < 4.78 is 103. The number of nitrogens with zero attached hydrogens (tertiary/aromatic N) is 12. The SMILES string of the molecule is CNC(=O)c1nc(-c2ccc(OC(F)(F)F)cc2)no1.COC(=N)Cc1ccnc(N2CCN(C(=O)OCc3ccccc3)CC2)c1.Cn1nc(-c2nc(-c3ccc(OC(F)(F)F)cc3)no2)nc1Cc1ccnc(N2CCCCC2)c1. The molecule has 0 spiro atoms. The fourth-order valence-electron chi connectivity index (χ4n) is 8.22. The molecule has 28 heteroatoms. The third kappa shape index (κ3) is 16.9. The van der Waals surface area contributed by atoms with Gasteiger partial charge in [0.15, 0.2) is 5.90 Å². The van der Waals surface area contributed by atoms with E-state index in [1.165, 1.54) is 69.8 Å². The van der Waals surface area contributed by atoms with E-state index in [1.807, 2.05) is 54.7 Å². The maximum absolute atomic E-state index is 12.4. The second-order valence-electron chi connectivity index (χ2n) is 18.1. The summed E-state index contributed by atoms with van der Waals surface area (Å²) in [7, 11) is 4.69.